The van der Waals surface area contributed by atoms with Gasteiger partial charge in [0.2, 0.25) is 0 Å². The molecule has 0 bridgehead atoms. The van der Waals surface area contributed by atoms with Crippen LogP contribution in [0.2, 0.25) is 10.0 Å². The lowest BCUT2D eigenvalue weighted by Crippen LogP contribution is -2.36. The number of halogens is 2. The molecular weight excluding hydrogens is 565 g/mol. The summed E-state index contributed by atoms with van der Waals surface area (Å²) in [6.07, 6.45) is 6.42. The quantitative estimate of drug-likeness (QED) is 0.180. The summed E-state index contributed by atoms with van der Waals surface area (Å²) in [5.41, 5.74) is 1.01. The number of esters is 1. The van der Waals surface area contributed by atoms with Gasteiger partial charge in [0, 0.05) is 28.2 Å². The van der Waals surface area contributed by atoms with E-state index >= 15 is 0 Å². The molecule has 10 nitrogen and oxygen atoms in total. The molecule has 2 heterocycles. The van der Waals surface area contributed by atoms with Crippen LogP contribution in [0.15, 0.2) is 66.0 Å². The molecule has 206 valence electrons. The van der Waals surface area contributed by atoms with Crippen molar-refractivity contribution in [2.45, 2.75) is 24.7 Å². The summed E-state index contributed by atoms with van der Waals surface area (Å²) in [6.45, 7) is 1.96. The van der Waals surface area contributed by atoms with Gasteiger partial charge in [-0.1, -0.05) is 36.5 Å². The second kappa shape index (κ2) is 12.6. The Labute approximate surface area is 236 Å². The number of hydrogen-bond acceptors (Lipinski definition) is 8. The molecule has 0 atom stereocenters. The number of aromatic nitrogens is 3. The molecule has 0 aliphatic rings. The lowest BCUT2D eigenvalue weighted by Gasteiger charge is -2.24. The van der Waals surface area contributed by atoms with E-state index in [4.69, 9.17) is 33.0 Å². The number of rotatable bonds is 12. The van der Waals surface area contributed by atoms with Crippen molar-refractivity contribution >= 4 is 61.6 Å². The van der Waals surface area contributed by atoms with Gasteiger partial charge in [-0.25, -0.2) is 18.4 Å². The zero-order valence-corrected chi connectivity index (χ0v) is 23.4. The molecule has 2 aromatic heterocycles. The van der Waals surface area contributed by atoms with Crippen molar-refractivity contribution in [3.05, 3.63) is 71.1 Å². The first-order chi connectivity index (χ1) is 18.7. The van der Waals surface area contributed by atoms with Crippen LogP contribution < -0.4 is 9.62 Å². The number of ether oxygens (including phenoxy) is 1. The van der Waals surface area contributed by atoms with Gasteiger partial charge in [-0.15, -0.1) is 0 Å². The summed E-state index contributed by atoms with van der Waals surface area (Å²) in [5.74, 6) is 0.396. The lowest BCUT2D eigenvalue weighted by atomic mass is 10.2. The standard InChI is InChI=1S/C26H27Cl2N5O5S/c1-2-3-10-38-26(35)17-33(39(36,37)22-13-19(27)12-20(28)14-22)21-4-5-23-18(11-21)6-8-32(23)25-16-30-24(15-31-25)29-7-9-34/h4-6,8,11-16,34H,2-3,7,9-10,17H2,1H3,(H,29,30). The molecule has 0 saturated carbocycles. The Hall–Kier alpha value is -3.38. The van der Waals surface area contributed by atoms with Crippen molar-refractivity contribution < 1.29 is 23.1 Å². The maximum absolute atomic E-state index is 13.7. The van der Waals surface area contributed by atoms with Crippen LogP contribution in [0.25, 0.3) is 16.7 Å². The minimum Gasteiger partial charge on any atom is -0.464 e. The molecule has 0 aliphatic heterocycles. The van der Waals surface area contributed by atoms with Gasteiger partial charge in [0.05, 0.1) is 41.7 Å². The maximum atomic E-state index is 13.7. The molecule has 0 amide bonds. The zero-order valence-electron chi connectivity index (χ0n) is 21.0. The predicted molar refractivity (Wildman–Crippen MR) is 151 cm³/mol. The highest BCUT2D eigenvalue weighted by Crippen LogP contribution is 2.31. The molecule has 0 radical (unpaired) electrons. The smallest absolute Gasteiger partial charge is 0.326 e. The first-order valence-corrected chi connectivity index (χ1v) is 14.3. The molecule has 0 spiro atoms. The summed E-state index contributed by atoms with van der Waals surface area (Å²) in [4.78, 5) is 21.2. The summed E-state index contributed by atoms with van der Waals surface area (Å²) in [6, 6.07) is 10.8. The third-order valence-corrected chi connectivity index (χ3v) is 7.91. The summed E-state index contributed by atoms with van der Waals surface area (Å²) in [7, 11) is -4.24. The van der Waals surface area contributed by atoms with E-state index in [1.807, 2.05) is 6.92 Å². The molecule has 39 heavy (non-hydrogen) atoms. The van der Waals surface area contributed by atoms with Crippen LogP contribution in [0.4, 0.5) is 11.5 Å². The van der Waals surface area contributed by atoms with Gasteiger partial charge in [0.15, 0.2) is 5.82 Å². The van der Waals surface area contributed by atoms with Crippen molar-refractivity contribution in [2.24, 2.45) is 0 Å². The van der Waals surface area contributed by atoms with Crippen LogP contribution in [0.1, 0.15) is 19.8 Å². The van der Waals surface area contributed by atoms with E-state index < -0.39 is 22.5 Å². The largest absolute Gasteiger partial charge is 0.464 e. The normalized spacial score (nSPS) is 11.5. The molecule has 4 aromatic rings. The zero-order chi connectivity index (χ0) is 28.0. The van der Waals surface area contributed by atoms with Crippen LogP contribution in [0.3, 0.4) is 0 Å². The van der Waals surface area contributed by atoms with Gasteiger partial charge >= 0.3 is 5.97 Å². The third kappa shape index (κ3) is 6.80. The highest BCUT2D eigenvalue weighted by molar-refractivity contribution is 7.92. The Morgan fingerprint density at radius 1 is 1.10 bits per heavy atom. The first kappa shape index (κ1) is 28.6. The van der Waals surface area contributed by atoms with Crippen molar-refractivity contribution in [1.82, 2.24) is 14.5 Å². The van der Waals surface area contributed by atoms with E-state index in [1.54, 1.807) is 47.4 Å². The number of carbonyl (C=O) groups is 1. The molecule has 0 unspecified atom stereocenters. The van der Waals surface area contributed by atoms with Gasteiger partial charge in [-0.3, -0.25) is 13.7 Å². The van der Waals surface area contributed by atoms with Crippen LogP contribution >= 0.6 is 23.2 Å². The number of carbonyl (C=O) groups excluding carboxylic acids is 1. The lowest BCUT2D eigenvalue weighted by molar-refractivity contribution is -0.141. The SMILES string of the molecule is CCCCOC(=O)CN(c1ccc2c(ccn2-c2cnc(NCCO)cn2)c1)S(=O)(=O)c1cc(Cl)cc(Cl)c1. The highest BCUT2D eigenvalue weighted by atomic mass is 35.5. The Morgan fingerprint density at radius 2 is 1.87 bits per heavy atom. The molecular formula is C26H27Cl2N5O5S. The van der Waals surface area contributed by atoms with E-state index in [1.165, 1.54) is 18.2 Å². The van der Waals surface area contributed by atoms with Gasteiger partial charge in [0.1, 0.15) is 12.4 Å². The van der Waals surface area contributed by atoms with E-state index in [0.717, 1.165) is 16.2 Å². The summed E-state index contributed by atoms with van der Waals surface area (Å²) >= 11 is 12.2. The molecule has 13 heteroatoms. The number of hydrogen-bond donors (Lipinski definition) is 2. The minimum absolute atomic E-state index is 0.0262. The predicted octanol–water partition coefficient (Wildman–Crippen LogP) is 4.67. The second-order valence-corrected chi connectivity index (χ2v) is 11.3. The Morgan fingerprint density at radius 3 is 2.54 bits per heavy atom. The number of anilines is 2. The van der Waals surface area contributed by atoms with Crippen LogP contribution in [-0.4, -0.2) is 60.3 Å². The molecule has 2 aromatic carbocycles. The van der Waals surface area contributed by atoms with Gasteiger partial charge in [-0.2, -0.15) is 0 Å². The van der Waals surface area contributed by atoms with Crippen molar-refractivity contribution in [2.75, 3.05) is 35.9 Å². The Balaban J connectivity index is 1.70. The number of benzene rings is 2. The molecule has 0 fully saturated rings. The minimum atomic E-state index is -4.24. The maximum Gasteiger partial charge on any atom is 0.326 e. The van der Waals surface area contributed by atoms with E-state index in [2.05, 4.69) is 15.3 Å². The van der Waals surface area contributed by atoms with Crippen LogP contribution in [0, 0.1) is 0 Å². The summed E-state index contributed by atoms with van der Waals surface area (Å²) in [5, 5.41) is 12.9. The van der Waals surface area contributed by atoms with E-state index in [0.29, 0.717) is 30.0 Å². The number of fused-ring (bicyclic) bond motifs is 1. The van der Waals surface area contributed by atoms with Gasteiger partial charge in [0.25, 0.3) is 10.0 Å². The number of unbranched alkanes of at least 4 members (excludes halogenated alkanes) is 1. The fourth-order valence-corrected chi connectivity index (χ4v) is 5.95. The topological polar surface area (TPSA) is 127 Å². The Bertz CT molecular complexity index is 1540. The Kier molecular flexibility index (Phi) is 9.28. The molecule has 0 saturated heterocycles. The number of aliphatic hydroxyl groups excluding tert-OH is 1. The monoisotopic (exact) mass is 591 g/mol. The fraction of sp³-hybridized carbons (Fsp3) is 0.269. The van der Waals surface area contributed by atoms with Crippen molar-refractivity contribution in [3.63, 3.8) is 0 Å². The fourth-order valence-electron chi connectivity index (χ4n) is 3.82. The summed E-state index contributed by atoms with van der Waals surface area (Å²) < 4.78 is 35.5. The second-order valence-electron chi connectivity index (χ2n) is 8.53. The van der Waals surface area contributed by atoms with Crippen LogP contribution in [0.5, 0.6) is 0 Å². The van der Waals surface area contributed by atoms with E-state index in [-0.39, 0.29) is 33.8 Å². The number of sulfonamides is 1. The van der Waals surface area contributed by atoms with Crippen molar-refractivity contribution in [1.29, 1.82) is 0 Å². The van der Waals surface area contributed by atoms with Gasteiger partial charge < -0.3 is 15.2 Å². The average molecular weight is 593 g/mol. The number of nitrogens with one attached hydrogen (secondary N) is 1. The first-order valence-electron chi connectivity index (χ1n) is 12.2. The number of aliphatic hydroxyl groups is 1. The van der Waals surface area contributed by atoms with Crippen molar-refractivity contribution in [3.8, 4) is 5.82 Å². The molecule has 2 N–H and O–H groups in total. The average Bonchev–Trinajstić information content (AvgIpc) is 3.33. The highest BCUT2D eigenvalue weighted by Gasteiger charge is 2.29. The van der Waals surface area contributed by atoms with E-state index in [9.17, 15) is 13.2 Å². The molecule has 0 aliphatic carbocycles. The van der Waals surface area contributed by atoms with Crippen LogP contribution in [-0.2, 0) is 19.6 Å². The number of nitrogens with zero attached hydrogens (tertiary/aromatic N) is 4. The van der Waals surface area contributed by atoms with Gasteiger partial charge in [-0.05, 0) is 48.9 Å². The third-order valence-electron chi connectivity index (χ3n) is 5.72. The molecule has 4 rings (SSSR count).